The van der Waals surface area contributed by atoms with Crippen LogP contribution in [0.15, 0.2) is 73.1 Å². The molecule has 0 aliphatic carbocycles. The third-order valence-electron chi connectivity index (χ3n) is 11.7. The third-order valence-corrected chi connectivity index (χ3v) is 11.7. The van der Waals surface area contributed by atoms with Gasteiger partial charge in [0.25, 0.3) is 5.91 Å². The van der Waals surface area contributed by atoms with Gasteiger partial charge < -0.3 is 60.2 Å². The summed E-state index contributed by atoms with van der Waals surface area (Å²) in [7, 11) is 6.45. The minimum atomic E-state index is -0.631. The molecule has 5 aromatic heterocycles. The number of carbonyl (C=O) groups is 5. The first-order valence-electron chi connectivity index (χ1n) is 26.0. The van der Waals surface area contributed by atoms with Crippen molar-refractivity contribution in [1.82, 2.24) is 53.8 Å². The second-order valence-corrected chi connectivity index (χ2v) is 17.3. The highest BCUT2D eigenvalue weighted by molar-refractivity contribution is 6.03. The number of aldehydes is 2. The van der Waals surface area contributed by atoms with Crippen molar-refractivity contribution in [2.45, 2.75) is 66.8 Å². The predicted octanol–water partition coefficient (Wildman–Crippen LogP) is 4.41. The fourth-order valence-corrected chi connectivity index (χ4v) is 8.02. The number of nitrogens with zero attached hydrogens (tertiary/aromatic N) is 10. The van der Waals surface area contributed by atoms with E-state index >= 15 is 0 Å². The van der Waals surface area contributed by atoms with Crippen LogP contribution in [0.1, 0.15) is 73.3 Å². The molecule has 2 aromatic carbocycles. The molecule has 430 valence electrons. The van der Waals surface area contributed by atoms with Crippen LogP contribution in [0.4, 0.5) is 17.6 Å². The summed E-state index contributed by atoms with van der Waals surface area (Å²) in [6.07, 6.45) is 12.8. The van der Waals surface area contributed by atoms with Crippen molar-refractivity contribution < 1.29 is 47.7 Å². The Morgan fingerprint density at radius 1 is 0.713 bits per heavy atom. The molecule has 0 atom stereocenters. The van der Waals surface area contributed by atoms with E-state index in [0.717, 1.165) is 30.8 Å². The highest BCUT2D eigenvalue weighted by Gasteiger charge is 2.22. The second-order valence-electron chi connectivity index (χ2n) is 17.3. The number of ether oxygens (including phenoxy) is 5. The van der Waals surface area contributed by atoms with E-state index in [1.807, 2.05) is 69.8 Å². The molecule has 7 rings (SSSR count). The fraction of sp³-hybridized carbons (Fsp3) is 0.407. The smallest absolute Gasteiger partial charge is 0.307 e. The zero-order chi connectivity index (χ0) is 58.0. The number of aromatic nitrogens is 10. The van der Waals surface area contributed by atoms with Crippen molar-refractivity contribution in [2.75, 3.05) is 96.9 Å². The van der Waals surface area contributed by atoms with Gasteiger partial charge in [0.2, 0.25) is 17.8 Å². The molecule has 2 amide bonds. The van der Waals surface area contributed by atoms with Crippen molar-refractivity contribution in [3.63, 3.8) is 0 Å². The van der Waals surface area contributed by atoms with Gasteiger partial charge in [0, 0.05) is 63.6 Å². The van der Waals surface area contributed by atoms with Crippen LogP contribution in [0, 0.1) is 13.8 Å². The zero-order valence-electron chi connectivity index (χ0n) is 46.7. The Kier molecular flexibility index (Phi) is 25.0. The predicted molar refractivity (Wildman–Crippen MR) is 304 cm³/mol. The molecule has 8 N–H and O–H groups in total. The first-order chi connectivity index (χ1) is 38.8. The van der Waals surface area contributed by atoms with Gasteiger partial charge in [-0.15, -0.1) is 0 Å². The van der Waals surface area contributed by atoms with Crippen LogP contribution in [-0.4, -0.2) is 160 Å². The normalized spacial score (nSPS) is 11.1. The lowest BCUT2D eigenvalue weighted by atomic mass is 10.1. The summed E-state index contributed by atoms with van der Waals surface area (Å²) >= 11 is 0. The SMILES string of the molecule is CCn1nc(C)cc1C(=O)Nc1nc2cc(C=O)cc(OCCOCCOCCNC)c2n1C/C=C/Cn1c(NC)nc2cc(C(N)=O)cc(OC/C=C/Cn3cc(NCCC(=O)OC)cn3)c21.CCn1nc(C)cc1C=O.CN. The molecule has 80 heavy (non-hydrogen) atoms. The summed E-state index contributed by atoms with van der Waals surface area (Å²) in [6.45, 7) is 12.9. The molecule has 26 heteroatoms. The number of amides is 2. The summed E-state index contributed by atoms with van der Waals surface area (Å²) in [5, 5.41) is 25.1. The van der Waals surface area contributed by atoms with E-state index in [4.69, 9.17) is 34.6 Å². The number of esters is 1. The molecule has 0 saturated carbocycles. The van der Waals surface area contributed by atoms with E-state index in [2.05, 4.69) is 47.0 Å². The third kappa shape index (κ3) is 17.4. The summed E-state index contributed by atoms with van der Waals surface area (Å²) in [4.78, 5) is 69.6. The number of rotatable bonds is 31. The van der Waals surface area contributed by atoms with Gasteiger partial charge >= 0.3 is 5.97 Å². The van der Waals surface area contributed by atoms with Crippen molar-refractivity contribution >= 4 is 70.0 Å². The molecule has 26 nitrogen and oxygen atoms in total. The summed E-state index contributed by atoms with van der Waals surface area (Å²) in [5.41, 5.74) is 16.3. The van der Waals surface area contributed by atoms with E-state index in [-0.39, 0.29) is 50.3 Å². The molecule has 0 spiro atoms. The fourth-order valence-electron chi connectivity index (χ4n) is 8.02. The van der Waals surface area contributed by atoms with E-state index in [9.17, 15) is 24.0 Å². The van der Waals surface area contributed by atoms with Gasteiger partial charge in [-0.2, -0.15) is 15.3 Å². The van der Waals surface area contributed by atoms with Crippen LogP contribution in [0.3, 0.4) is 0 Å². The number of nitrogens with two attached hydrogens (primary N) is 2. The van der Waals surface area contributed by atoms with Crippen LogP contribution in [-0.2, 0) is 51.7 Å². The van der Waals surface area contributed by atoms with Gasteiger partial charge in [-0.1, -0.05) is 18.2 Å². The van der Waals surface area contributed by atoms with Crippen molar-refractivity contribution in [3.05, 3.63) is 107 Å². The largest absolute Gasteiger partial charge is 0.489 e. The van der Waals surface area contributed by atoms with Gasteiger partial charge in [-0.25, -0.2) is 9.97 Å². The lowest BCUT2D eigenvalue weighted by Gasteiger charge is -2.13. The number of likely N-dealkylation sites (N-methyl/N-ethyl adjacent to an activating group) is 1. The number of fused-ring (bicyclic) bond motifs is 2. The Morgan fingerprint density at radius 3 is 2.00 bits per heavy atom. The second kappa shape index (κ2) is 32.2. The molecule has 0 saturated heterocycles. The quantitative estimate of drug-likeness (QED) is 0.0152. The van der Waals surface area contributed by atoms with E-state index in [0.29, 0.717) is 114 Å². The summed E-state index contributed by atoms with van der Waals surface area (Å²) in [5.74, 6) is 0.173. The number of hydrogen-bond acceptors (Lipinski definition) is 19. The van der Waals surface area contributed by atoms with E-state index in [1.54, 1.807) is 68.3 Å². The molecule has 0 unspecified atom stereocenters. The highest BCUT2D eigenvalue weighted by atomic mass is 16.5. The molecular formula is C54H74N16O10. The molecule has 5 heterocycles. The Labute approximate surface area is 463 Å². The van der Waals surface area contributed by atoms with Crippen LogP contribution < -0.4 is 42.2 Å². The number of benzene rings is 2. The first kappa shape index (κ1) is 62.1. The number of nitrogens with one attached hydrogen (secondary N) is 4. The van der Waals surface area contributed by atoms with Gasteiger partial charge in [0.05, 0.1) is 80.8 Å². The maximum Gasteiger partial charge on any atom is 0.307 e. The maximum absolute atomic E-state index is 13.8. The standard InChI is InChI=1S/C46H59N13O9.C7H10N2O.CH5N/c1-6-59-37(23-31(2)55-59)44(63)54-46-53-35-24-32(30-60)25-38(68-22-21-66-20-19-65-18-13-48-3)41(35)58(46)16-8-7-15-57-42-36(52-45(57)49-4)26-33(43(47)62)27-39(42)67-17-10-9-14-56-29-34(28-51-56)50-12-11-40(61)64-5;1-3-9-7(5-10)4-6(2)8-9;1-2/h7-10,23-30,48,50H,6,11-22H2,1-5H3,(H2,47,62)(H,49,52)(H,53,54,63);4-5H,3H2,1-2H3;2H2,1H3/b8-7+,10-9+;;. The van der Waals surface area contributed by atoms with Crippen LogP contribution in [0.5, 0.6) is 11.5 Å². The minimum Gasteiger partial charge on any atom is -0.489 e. The maximum atomic E-state index is 13.8. The number of imidazole rings is 2. The highest BCUT2D eigenvalue weighted by Crippen LogP contribution is 2.33. The van der Waals surface area contributed by atoms with Gasteiger partial charge in [-0.05, 0) is 84.3 Å². The Morgan fingerprint density at radius 2 is 1.35 bits per heavy atom. The number of aryl methyl sites for hydroxylation is 4. The average molecular weight is 1110 g/mol. The molecular weight excluding hydrogens is 1030 g/mol. The van der Waals surface area contributed by atoms with E-state index in [1.165, 1.54) is 14.2 Å². The monoisotopic (exact) mass is 1110 g/mol. The Hall–Kier alpha value is -8.72. The Bertz CT molecular complexity index is 3200. The topological polar surface area (TPSA) is 321 Å². The number of methoxy groups -OCH3 is 1. The first-order valence-corrected chi connectivity index (χ1v) is 26.0. The number of primary amides is 1. The number of allylic oxidation sites excluding steroid dienone is 3. The zero-order valence-corrected chi connectivity index (χ0v) is 46.7. The molecule has 0 aliphatic heterocycles. The number of anilines is 3. The summed E-state index contributed by atoms with van der Waals surface area (Å²) < 4.78 is 37.2. The van der Waals surface area contributed by atoms with Gasteiger partial charge in [0.15, 0.2) is 6.29 Å². The number of carbonyl (C=O) groups excluding carboxylic acids is 5. The molecule has 0 radical (unpaired) electrons. The van der Waals surface area contributed by atoms with Crippen LogP contribution in [0.25, 0.3) is 22.1 Å². The summed E-state index contributed by atoms with van der Waals surface area (Å²) in [6, 6.07) is 9.97. The van der Waals surface area contributed by atoms with E-state index < -0.39 is 11.8 Å². The van der Waals surface area contributed by atoms with Crippen molar-refractivity contribution in [1.29, 1.82) is 0 Å². The minimum absolute atomic E-state index is 0.160. The Balaban J connectivity index is 0.000000873. The molecule has 0 fully saturated rings. The molecule has 0 aliphatic rings. The average Bonchev–Trinajstić information content (AvgIpc) is 4.43. The molecule has 0 bridgehead atoms. The van der Waals surface area contributed by atoms with Crippen molar-refractivity contribution in [2.24, 2.45) is 11.5 Å². The van der Waals surface area contributed by atoms with Crippen molar-refractivity contribution in [3.8, 4) is 11.5 Å². The van der Waals surface area contributed by atoms with Crippen LogP contribution >= 0.6 is 0 Å². The lowest BCUT2D eigenvalue weighted by molar-refractivity contribution is -0.140. The lowest BCUT2D eigenvalue weighted by Crippen LogP contribution is -2.20. The number of hydrogen-bond donors (Lipinski definition) is 6. The van der Waals surface area contributed by atoms with Gasteiger partial charge in [-0.3, -0.25) is 43.3 Å². The molecule has 7 aromatic rings. The van der Waals surface area contributed by atoms with Gasteiger partial charge in [0.1, 0.15) is 53.4 Å². The van der Waals surface area contributed by atoms with Crippen LogP contribution in [0.2, 0.25) is 0 Å².